The van der Waals surface area contributed by atoms with Crippen LogP contribution < -0.4 is 0 Å². The first kappa shape index (κ1) is 29.0. The van der Waals surface area contributed by atoms with Gasteiger partial charge in [0, 0.05) is 56.3 Å². The van der Waals surface area contributed by atoms with Gasteiger partial charge in [0.05, 0.1) is 0 Å². The van der Waals surface area contributed by atoms with Crippen molar-refractivity contribution in [1.82, 2.24) is 0 Å². The molecular formula is C24H36O9. The molecular weight excluding hydrogens is 432 g/mol. The largest absolute Gasteiger partial charge is 0.346 e. The Morgan fingerprint density at radius 1 is 0.485 bits per heavy atom. The summed E-state index contributed by atoms with van der Waals surface area (Å²) in [6, 6.07) is 4.15. The summed E-state index contributed by atoms with van der Waals surface area (Å²) in [6.45, 7) is 11.9. The summed E-state index contributed by atoms with van der Waals surface area (Å²) in [4.78, 5) is 39.4. The van der Waals surface area contributed by atoms with Crippen molar-refractivity contribution in [2.75, 3.05) is 39.6 Å². The SMILES string of the molecule is CCOC(OCC)C(=O)c1cc(C(=O)C(OCC)OCC)cc(C(=O)C(OCC)OCC)c1. The number of Topliss-reactive ketones (excluding diaryl/α,β-unsaturated/α-hetero) is 3. The van der Waals surface area contributed by atoms with Gasteiger partial charge in [-0.3, -0.25) is 14.4 Å². The Morgan fingerprint density at radius 2 is 0.667 bits per heavy atom. The van der Waals surface area contributed by atoms with Gasteiger partial charge in [0.2, 0.25) is 36.2 Å². The molecule has 0 bridgehead atoms. The van der Waals surface area contributed by atoms with Gasteiger partial charge in [0.15, 0.2) is 0 Å². The minimum Gasteiger partial charge on any atom is -0.346 e. The number of carbonyl (C=O) groups excluding carboxylic acids is 3. The highest BCUT2D eigenvalue weighted by atomic mass is 16.7. The van der Waals surface area contributed by atoms with Crippen LogP contribution in [0.3, 0.4) is 0 Å². The predicted molar refractivity (Wildman–Crippen MR) is 121 cm³/mol. The molecule has 0 saturated carbocycles. The highest BCUT2D eigenvalue weighted by Crippen LogP contribution is 2.20. The molecule has 0 aromatic heterocycles. The number of ketones is 3. The zero-order valence-corrected chi connectivity index (χ0v) is 20.4. The minimum atomic E-state index is -1.17. The van der Waals surface area contributed by atoms with Gasteiger partial charge in [-0.1, -0.05) is 0 Å². The first-order chi connectivity index (χ1) is 15.9. The molecule has 0 aliphatic rings. The van der Waals surface area contributed by atoms with Gasteiger partial charge in [0.25, 0.3) is 0 Å². The third-order valence-corrected chi connectivity index (χ3v) is 4.34. The fourth-order valence-corrected chi connectivity index (χ4v) is 2.97. The summed E-state index contributed by atoms with van der Waals surface area (Å²) >= 11 is 0. The Bertz CT molecular complexity index is 632. The second-order valence-corrected chi connectivity index (χ2v) is 6.62. The molecule has 0 spiro atoms. The van der Waals surface area contributed by atoms with Crippen molar-refractivity contribution in [2.24, 2.45) is 0 Å². The smallest absolute Gasteiger partial charge is 0.222 e. The third kappa shape index (κ3) is 8.69. The third-order valence-electron chi connectivity index (χ3n) is 4.34. The Kier molecular flexibility index (Phi) is 13.9. The van der Waals surface area contributed by atoms with Crippen LogP contribution in [0.1, 0.15) is 72.6 Å². The van der Waals surface area contributed by atoms with Crippen molar-refractivity contribution in [2.45, 2.75) is 60.4 Å². The maximum absolute atomic E-state index is 13.1. The number of ether oxygens (including phenoxy) is 6. The summed E-state index contributed by atoms with van der Waals surface area (Å²) < 4.78 is 32.4. The van der Waals surface area contributed by atoms with Gasteiger partial charge in [-0.15, -0.1) is 0 Å². The average Bonchev–Trinajstić information content (AvgIpc) is 2.82. The van der Waals surface area contributed by atoms with Crippen LogP contribution in [-0.4, -0.2) is 75.9 Å². The summed E-state index contributed by atoms with van der Waals surface area (Å²) in [6.07, 6.45) is -3.51. The molecule has 33 heavy (non-hydrogen) atoms. The van der Waals surface area contributed by atoms with Crippen molar-refractivity contribution in [3.05, 3.63) is 34.9 Å². The maximum atomic E-state index is 13.1. The van der Waals surface area contributed by atoms with Gasteiger partial charge < -0.3 is 28.4 Å². The second kappa shape index (κ2) is 15.8. The molecule has 1 aromatic carbocycles. The number of carbonyl (C=O) groups is 3. The Morgan fingerprint density at radius 3 is 0.818 bits per heavy atom. The fourth-order valence-electron chi connectivity index (χ4n) is 2.97. The molecule has 0 aliphatic carbocycles. The van der Waals surface area contributed by atoms with Crippen LogP contribution in [0.5, 0.6) is 0 Å². The Hall–Kier alpha value is -2.01. The van der Waals surface area contributed by atoms with Gasteiger partial charge in [0.1, 0.15) is 0 Å². The van der Waals surface area contributed by atoms with E-state index < -0.39 is 36.2 Å². The van der Waals surface area contributed by atoms with Crippen LogP contribution in [0.15, 0.2) is 18.2 Å². The Balaban J connectivity index is 3.53. The monoisotopic (exact) mass is 468 g/mol. The minimum absolute atomic E-state index is 0.0783. The molecule has 0 aliphatic heterocycles. The first-order valence-electron chi connectivity index (χ1n) is 11.3. The van der Waals surface area contributed by atoms with Crippen molar-refractivity contribution in [3.63, 3.8) is 0 Å². The summed E-state index contributed by atoms with van der Waals surface area (Å²) in [5.74, 6) is -1.55. The molecule has 1 aromatic rings. The normalized spacial score (nSPS) is 11.5. The molecule has 186 valence electrons. The number of rotatable bonds is 18. The maximum Gasteiger partial charge on any atom is 0.222 e. The molecule has 0 heterocycles. The van der Waals surface area contributed by atoms with Crippen LogP contribution in [0.25, 0.3) is 0 Å². The molecule has 0 amide bonds. The van der Waals surface area contributed by atoms with E-state index >= 15 is 0 Å². The lowest BCUT2D eigenvalue weighted by Gasteiger charge is -2.20. The van der Waals surface area contributed by atoms with E-state index in [0.717, 1.165) is 0 Å². The van der Waals surface area contributed by atoms with E-state index in [0.29, 0.717) is 0 Å². The second-order valence-electron chi connectivity index (χ2n) is 6.62. The number of benzene rings is 1. The van der Waals surface area contributed by atoms with Gasteiger partial charge >= 0.3 is 0 Å². The van der Waals surface area contributed by atoms with E-state index in [1.165, 1.54) is 18.2 Å². The van der Waals surface area contributed by atoms with E-state index in [2.05, 4.69) is 0 Å². The lowest BCUT2D eigenvalue weighted by molar-refractivity contribution is -0.108. The van der Waals surface area contributed by atoms with E-state index in [4.69, 9.17) is 28.4 Å². The highest BCUT2D eigenvalue weighted by Gasteiger charge is 2.29. The molecule has 9 heteroatoms. The summed E-state index contributed by atoms with van der Waals surface area (Å²) in [5.41, 5.74) is 0.235. The Labute approximate surface area is 195 Å². The summed E-state index contributed by atoms with van der Waals surface area (Å²) in [7, 11) is 0. The molecule has 0 saturated heterocycles. The van der Waals surface area contributed by atoms with Gasteiger partial charge in [-0.25, -0.2) is 0 Å². The number of hydrogen-bond donors (Lipinski definition) is 0. The van der Waals surface area contributed by atoms with Crippen LogP contribution in [0, 0.1) is 0 Å². The predicted octanol–water partition coefficient (Wildman–Crippen LogP) is 3.43. The molecule has 0 fully saturated rings. The topological polar surface area (TPSA) is 107 Å². The van der Waals surface area contributed by atoms with Crippen molar-refractivity contribution in [1.29, 1.82) is 0 Å². The first-order valence-corrected chi connectivity index (χ1v) is 11.3. The van der Waals surface area contributed by atoms with Crippen LogP contribution in [-0.2, 0) is 28.4 Å². The fraction of sp³-hybridized carbons (Fsp3) is 0.625. The quantitative estimate of drug-likeness (QED) is 0.236. The van der Waals surface area contributed by atoms with Crippen molar-refractivity contribution < 1.29 is 42.8 Å². The average molecular weight is 469 g/mol. The van der Waals surface area contributed by atoms with Crippen LogP contribution in [0.2, 0.25) is 0 Å². The van der Waals surface area contributed by atoms with Crippen LogP contribution >= 0.6 is 0 Å². The van der Waals surface area contributed by atoms with Crippen molar-refractivity contribution in [3.8, 4) is 0 Å². The van der Waals surface area contributed by atoms with E-state index in [1.807, 2.05) is 0 Å². The van der Waals surface area contributed by atoms with E-state index in [-0.39, 0.29) is 56.3 Å². The van der Waals surface area contributed by atoms with Crippen LogP contribution in [0.4, 0.5) is 0 Å². The molecule has 0 atom stereocenters. The van der Waals surface area contributed by atoms with E-state index in [9.17, 15) is 14.4 Å². The highest BCUT2D eigenvalue weighted by molar-refractivity contribution is 6.08. The molecule has 1 rings (SSSR count). The summed E-state index contributed by atoms with van der Waals surface area (Å²) in [5, 5.41) is 0. The molecule has 9 nitrogen and oxygen atoms in total. The lowest BCUT2D eigenvalue weighted by atomic mass is 9.97. The molecule has 0 unspecified atom stereocenters. The number of hydrogen-bond acceptors (Lipinski definition) is 9. The van der Waals surface area contributed by atoms with E-state index in [1.54, 1.807) is 41.5 Å². The van der Waals surface area contributed by atoms with Crippen molar-refractivity contribution >= 4 is 17.3 Å². The standard InChI is InChI=1S/C24H36O9/c1-7-28-22(29-8-2)19(25)16-13-17(20(26)23(30-9-3)31-10-4)15-18(14-16)21(27)24(32-11-5)33-12-6/h13-15,22-24H,7-12H2,1-6H3. The molecule has 0 N–H and O–H groups in total. The van der Waals surface area contributed by atoms with Gasteiger partial charge in [-0.2, -0.15) is 0 Å². The lowest BCUT2D eigenvalue weighted by Crippen LogP contribution is -2.31. The molecule has 0 radical (unpaired) electrons. The zero-order chi connectivity index (χ0) is 24.8. The van der Waals surface area contributed by atoms with Gasteiger partial charge in [-0.05, 0) is 59.7 Å². The zero-order valence-electron chi connectivity index (χ0n) is 20.4.